The Hall–Kier alpha value is -1.78. The zero-order valence-corrected chi connectivity index (χ0v) is 10.2. The molecule has 92 valence electrons. The number of amides is 1. The van der Waals surface area contributed by atoms with E-state index in [-0.39, 0.29) is 0 Å². The van der Waals surface area contributed by atoms with Gasteiger partial charge in [0.15, 0.2) is 0 Å². The highest BCUT2D eigenvalue weighted by Crippen LogP contribution is 2.24. The van der Waals surface area contributed by atoms with Crippen LogP contribution in [0.15, 0.2) is 17.3 Å². The molecule has 1 aromatic heterocycles. The number of H-pyrrole nitrogens is 1. The lowest BCUT2D eigenvalue weighted by Gasteiger charge is -2.31. The van der Waals surface area contributed by atoms with E-state index < -0.39 is 12.1 Å². The topological polar surface area (TPSA) is 74.5 Å². The van der Waals surface area contributed by atoms with Gasteiger partial charge in [-0.25, -0.2) is 0 Å². The van der Waals surface area contributed by atoms with Gasteiger partial charge >= 0.3 is 0 Å². The Kier molecular flexibility index (Phi) is 3.17. The van der Waals surface area contributed by atoms with Crippen molar-refractivity contribution in [2.24, 2.45) is 16.6 Å². The normalized spacial score (nSPS) is 18.5. The predicted octanol–water partition coefficient (Wildman–Crippen LogP) is 1.11. The first kappa shape index (κ1) is 11.7. The molecule has 0 saturated heterocycles. The molecule has 0 aliphatic carbocycles. The maximum atomic E-state index is 11.4. The van der Waals surface area contributed by atoms with Crippen molar-refractivity contribution in [2.45, 2.75) is 26.4 Å². The average Bonchev–Trinajstić information content (AvgIpc) is 2.73. The van der Waals surface area contributed by atoms with E-state index in [4.69, 9.17) is 5.73 Å². The molecule has 17 heavy (non-hydrogen) atoms. The predicted molar refractivity (Wildman–Crippen MR) is 68.2 cm³/mol. The molecule has 0 spiro atoms. The minimum Gasteiger partial charge on any atom is -0.366 e. The van der Waals surface area contributed by atoms with Gasteiger partial charge in [-0.05, 0) is 18.4 Å². The summed E-state index contributed by atoms with van der Waals surface area (Å²) in [5.74, 6) is 1.10. The minimum atomic E-state index is -0.583. The van der Waals surface area contributed by atoms with E-state index in [1.807, 2.05) is 17.2 Å². The van der Waals surface area contributed by atoms with Crippen LogP contribution >= 0.6 is 0 Å². The number of hydrogen-bond donors (Lipinski definition) is 2. The van der Waals surface area contributed by atoms with E-state index in [2.05, 4.69) is 23.8 Å². The molecule has 3 N–H and O–H groups in total. The Bertz CT molecular complexity index is 435. The summed E-state index contributed by atoms with van der Waals surface area (Å²) in [6.07, 6.45) is 3.97. The lowest BCUT2D eigenvalue weighted by Crippen LogP contribution is -2.46. The number of aromatic nitrogens is 1. The molecule has 2 heterocycles. The maximum absolute atomic E-state index is 11.4. The molecule has 0 aromatic carbocycles. The fourth-order valence-corrected chi connectivity index (χ4v) is 1.94. The van der Waals surface area contributed by atoms with Crippen LogP contribution in [0.5, 0.6) is 0 Å². The Morgan fingerprint density at radius 3 is 3.06 bits per heavy atom. The molecule has 1 aromatic rings. The molecule has 1 amide bonds. The van der Waals surface area contributed by atoms with E-state index in [1.54, 1.807) is 6.21 Å². The molecule has 0 radical (unpaired) electrons. The number of hydrogen-bond acceptors (Lipinski definition) is 3. The summed E-state index contributed by atoms with van der Waals surface area (Å²) in [5.41, 5.74) is 6.39. The van der Waals surface area contributed by atoms with Gasteiger partial charge in [-0.1, -0.05) is 13.8 Å². The second kappa shape index (κ2) is 4.61. The van der Waals surface area contributed by atoms with Crippen molar-refractivity contribution in [3.63, 3.8) is 0 Å². The van der Waals surface area contributed by atoms with Crippen molar-refractivity contribution in [1.82, 2.24) is 4.98 Å². The lowest BCUT2D eigenvalue weighted by molar-refractivity contribution is -0.119. The largest absolute Gasteiger partial charge is 0.366 e. The van der Waals surface area contributed by atoms with Gasteiger partial charge in [0.2, 0.25) is 6.17 Å². The highest BCUT2D eigenvalue weighted by molar-refractivity contribution is 5.95. The van der Waals surface area contributed by atoms with Crippen LogP contribution in [0.25, 0.3) is 0 Å². The highest BCUT2D eigenvalue weighted by atomic mass is 16.1. The zero-order chi connectivity index (χ0) is 12.4. The van der Waals surface area contributed by atoms with E-state index in [0.717, 1.165) is 24.3 Å². The van der Waals surface area contributed by atoms with Gasteiger partial charge in [0, 0.05) is 24.5 Å². The molecule has 5 heteroatoms. The second-order valence-corrected chi connectivity index (χ2v) is 4.71. The number of aliphatic imine (C=N–C) groups is 1. The molecule has 1 aliphatic heterocycles. The number of aromatic amines is 1. The smallest absolute Gasteiger partial charge is 0.262 e. The summed E-state index contributed by atoms with van der Waals surface area (Å²) < 4.78 is 0. The molecule has 0 bridgehead atoms. The number of nitrogens with zero attached hydrogens (tertiary/aromatic N) is 2. The second-order valence-electron chi connectivity index (χ2n) is 4.71. The van der Waals surface area contributed by atoms with Crippen LogP contribution < -0.4 is 10.6 Å². The van der Waals surface area contributed by atoms with Crippen LogP contribution in [0.1, 0.15) is 25.8 Å². The molecule has 1 aliphatic rings. The molecule has 0 fully saturated rings. The fourth-order valence-electron chi connectivity index (χ4n) is 1.94. The molecular formula is C12H18N4O. The van der Waals surface area contributed by atoms with Crippen molar-refractivity contribution in [1.29, 1.82) is 0 Å². The summed E-state index contributed by atoms with van der Waals surface area (Å²) in [6, 6.07) is 1.94. The number of rotatable bonds is 4. The average molecular weight is 234 g/mol. The SMILES string of the molecule is CC(C)CCN1c2[nH]ccc2C=NC1C(N)=O. The number of primary amides is 1. The van der Waals surface area contributed by atoms with Gasteiger partial charge < -0.3 is 15.6 Å². The lowest BCUT2D eigenvalue weighted by atomic mass is 10.1. The van der Waals surface area contributed by atoms with Crippen LogP contribution in [0.3, 0.4) is 0 Å². The van der Waals surface area contributed by atoms with Crippen LogP contribution in [0, 0.1) is 5.92 Å². The van der Waals surface area contributed by atoms with Crippen molar-refractivity contribution in [3.05, 3.63) is 17.8 Å². The molecule has 5 nitrogen and oxygen atoms in total. The Balaban J connectivity index is 2.23. The van der Waals surface area contributed by atoms with Crippen LogP contribution in [-0.4, -0.2) is 29.8 Å². The third-order valence-corrected chi connectivity index (χ3v) is 2.90. The molecular weight excluding hydrogens is 216 g/mol. The van der Waals surface area contributed by atoms with Crippen molar-refractivity contribution in [3.8, 4) is 0 Å². The van der Waals surface area contributed by atoms with E-state index in [9.17, 15) is 4.79 Å². The van der Waals surface area contributed by atoms with Gasteiger partial charge in [-0.3, -0.25) is 9.79 Å². The first-order valence-electron chi connectivity index (χ1n) is 5.86. The summed E-state index contributed by atoms with van der Waals surface area (Å²) in [4.78, 5) is 20.7. The van der Waals surface area contributed by atoms with E-state index in [0.29, 0.717) is 5.92 Å². The highest BCUT2D eigenvalue weighted by Gasteiger charge is 2.28. The third-order valence-electron chi connectivity index (χ3n) is 2.90. The number of nitrogens with two attached hydrogens (primary N) is 1. The van der Waals surface area contributed by atoms with Gasteiger partial charge in [-0.15, -0.1) is 0 Å². The van der Waals surface area contributed by atoms with Gasteiger partial charge in [-0.2, -0.15) is 0 Å². The van der Waals surface area contributed by atoms with Crippen molar-refractivity contribution in [2.75, 3.05) is 11.4 Å². The van der Waals surface area contributed by atoms with Gasteiger partial charge in [0.05, 0.1) is 0 Å². The van der Waals surface area contributed by atoms with Gasteiger partial charge in [0.25, 0.3) is 5.91 Å². The number of fused-ring (bicyclic) bond motifs is 1. The number of nitrogens with one attached hydrogen (secondary N) is 1. The zero-order valence-electron chi connectivity index (χ0n) is 10.2. The standard InChI is InChI=1S/C12H18N4O/c1-8(2)4-6-16-11-9(3-5-14-11)7-15-12(16)10(13)17/h3,5,7-8,12,14H,4,6H2,1-2H3,(H2,13,17). The minimum absolute atomic E-state index is 0.412. The Morgan fingerprint density at radius 2 is 2.41 bits per heavy atom. The van der Waals surface area contributed by atoms with Crippen molar-refractivity contribution >= 4 is 17.9 Å². The van der Waals surface area contributed by atoms with E-state index in [1.165, 1.54) is 0 Å². The quantitative estimate of drug-likeness (QED) is 0.819. The summed E-state index contributed by atoms with van der Waals surface area (Å²) in [6.45, 7) is 5.08. The number of carbonyl (C=O) groups excluding carboxylic acids is 1. The Labute approximate surface area is 101 Å². The molecule has 1 atom stereocenters. The first-order chi connectivity index (χ1) is 8.09. The van der Waals surface area contributed by atoms with Crippen LogP contribution in [0.4, 0.5) is 5.82 Å². The Morgan fingerprint density at radius 1 is 1.65 bits per heavy atom. The van der Waals surface area contributed by atoms with Gasteiger partial charge in [0.1, 0.15) is 5.82 Å². The monoisotopic (exact) mass is 234 g/mol. The van der Waals surface area contributed by atoms with Crippen LogP contribution in [-0.2, 0) is 4.79 Å². The van der Waals surface area contributed by atoms with Crippen LogP contribution in [0.2, 0.25) is 0 Å². The summed E-state index contributed by atoms with van der Waals surface area (Å²) in [7, 11) is 0. The molecule has 2 rings (SSSR count). The van der Waals surface area contributed by atoms with Crippen molar-refractivity contribution < 1.29 is 4.79 Å². The molecule has 1 unspecified atom stereocenters. The molecule has 0 saturated carbocycles. The maximum Gasteiger partial charge on any atom is 0.262 e. The number of carbonyl (C=O) groups is 1. The number of anilines is 1. The summed E-state index contributed by atoms with van der Waals surface area (Å²) >= 11 is 0. The third kappa shape index (κ3) is 2.33. The summed E-state index contributed by atoms with van der Waals surface area (Å²) in [5, 5.41) is 0. The first-order valence-corrected chi connectivity index (χ1v) is 5.86. The fraction of sp³-hybridized carbons (Fsp3) is 0.500. The van der Waals surface area contributed by atoms with E-state index >= 15 is 0 Å².